The van der Waals surface area contributed by atoms with E-state index in [4.69, 9.17) is 16.3 Å². The number of likely N-dealkylation sites (tertiary alicyclic amines) is 1. The van der Waals surface area contributed by atoms with E-state index < -0.39 is 9.84 Å². The Balaban J connectivity index is 1.42. The van der Waals surface area contributed by atoms with Crippen LogP contribution in [0.2, 0.25) is 5.02 Å². The van der Waals surface area contributed by atoms with Gasteiger partial charge in [0.15, 0.2) is 15.6 Å². The summed E-state index contributed by atoms with van der Waals surface area (Å²) in [4.78, 5) is 24.4. The predicted molar refractivity (Wildman–Crippen MR) is 117 cm³/mol. The summed E-state index contributed by atoms with van der Waals surface area (Å²) in [5.74, 6) is 1.14. The Labute approximate surface area is 183 Å². The molecule has 30 heavy (non-hydrogen) atoms. The molecule has 0 radical (unpaired) electrons. The van der Waals surface area contributed by atoms with Crippen molar-refractivity contribution in [1.82, 2.24) is 4.90 Å². The van der Waals surface area contributed by atoms with Crippen LogP contribution in [0.3, 0.4) is 0 Å². The third-order valence-electron chi connectivity index (χ3n) is 5.65. The van der Waals surface area contributed by atoms with Gasteiger partial charge in [-0.25, -0.2) is 8.42 Å². The normalized spacial score (nSPS) is 18.1. The van der Waals surface area contributed by atoms with Crippen molar-refractivity contribution in [3.8, 4) is 5.75 Å². The molecular formula is C22H30ClNO5S. The van der Waals surface area contributed by atoms with Gasteiger partial charge in [-0.2, -0.15) is 0 Å². The first kappa shape index (κ1) is 23.1. The van der Waals surface area contributed by atoms with Gasteiger partial charge in [-0.3, -0.25) is 9.59 Å². The molecule has 1 saturated heterocycles. The van der Waals surface area contributed by atoms with E-state index in [0.29, 0.717) is 49.1 Å². The molecule has 1 aliphatic heterocycles. The summed E-state index contributed by atoms with van der Waals surface area (Å²) in [6.07, 6.45) is 4.37. The summed E-state index contributed by atoms with van der Waals surface area (Å²) in [5, 5.41) is 0.549. The Morgan fingerprint density at radius 1 is 1.20 bits per heavy atom. The number of amides is 1. The summed E-state index contributed by atoms with van der Waals surface area (Å²) in [6.45, 7) is 3.28. The van der Waals surface area contributed by atoms with Crippen molar-refractivity contribution in [1.29, 1.82) is 0 Å². The predicted octanol–water partition coefficient (Wildman–Crippen LogP) is 3.62. The van der Waals surface area contributed by atoms with Gasteiger partial charge >= 0.3 is 0 Å². The van der Waals surface area contributed by atoms with Crippen molar-refractivity contribution in [2.45, 2.75) is 51.4 Å². The average Bonchev–Trinajstić information content (AvgIpc) is 3.44. The van der Waals surface area contributed by atoms with Crippen LogP contribution >= 0.6 is 11.6 Å². The van der Waals surface area contributed by atoms with E-state index in [1.807, 2.05) is 19.1 Å². The number of hydrogen-bond donors (Lipinski definition) is 0. The van der Waals surface area contributed by atoms with Crippen molar-refractivity contribution in [2.75, 3.05) is 31.2 Å². The molecule has 3 rings (SSSR count). The topological polar surface area (TPSA) is 80.8 Å². The summed E-state index contributed by atoms with van der Waals surface area (Å²) < 4.78 is 30.9. The molecule has 1 atom stereocenters. The van der Waals surface area contributed by atoms with E-state index in [1.165, 1.54) is 12.8 Å². The second-order valence-corrected chi connectivity index (χ2v) is 11.2. The fraction of sp³-hybridized carbons (Fsp3) is 0.636. The lowest BCUT2D eigenvalue weighted by molar-refractivity contribution is -0.127. The minimum absolute atomic E-state index is 0.00427. The second kappa shape index (κ2) is 10.1. The number of Topliss-reactive ketones (excluding diaryl/α,β-unsaturated/α-hetero) is 1. The Bertz CT molecular complexity index is 882. The largest absolute Gasteiger partial charge is 0.492 e. The minimum atomic E-state index is -3.20. The monoisotopic (exact) mass is 455 g/mol. The number of carbonyl (C=O) groups is 2. The fourth-order valence-corrected chi connectivity index (χ4v) is 5.57. The molecule has 8 heteroatoms. The molecule has 2 fully saturated rings. The smallest absolute Gasteiger partial charge is 0.230 e. The number of ether oxygens (including phenoxy) is 1. The molecule has 0 N–H and O–H groups in total. The first-order chi connectivity index (χ1) is 14.2. The van der Waals surface area contributed by atoms with Crippen LogP contribution in [0, 0.1) is 5.92 Å². The van der Waals surface area contributed by atoms with Crippen LogP contribution < -0.4 is 4.74 Å². The number of sulfone groups is 1. The van der Waals surface area contributed by atoms with Gasteiger partial charge in [0.05, 0.1) is 36.1 Å². The Hall–Kier alpha value is -1.60. The van der Waals surface area contributed by atoms with Crippen LogP contribution in [0.4, 0.5) is 0 Å². The Morgan fingerprint density at radius 2 is 1.97 bits per heavy atom. The quantitative estimate of drug-likeness (QED) is 0.355. The number of hydrogen-bond acceptors (Lipinski definition) is 5. The van der Waals surface area contributed by atoms with Crippen molar-refractivity contribution >= 4 is 33.1 Å². The SMILES string of the molecule is C[C@H](CS(=O)(=O)CCCCCN1CC(=O)CC1=O)c1ccc(Cl)c(OCC2CC2)c1. The van der Waals surface area contributed by atoms with Crippen molar-refractivity contribution in [2.24, 2.45) is 5.92 Å². The molecule has 1 heterocycles. The number of unbranched alkanes of at least 4 members (excludes halogenated alkanes) is 2. The highest BCUT2D eigenvalue weighted by Crippen LogP contribution is 2.33. The highest BCUT2D eigenvalue weighted by molar-refractivity contribution is 7.91. The number of ketones is 1. The van der Waals surface area contributed by atoms with Crippen LogP contribution in [-0.2, 0) is 19.4 Å². The minimum Gasteiger partial charge on any atom is -0.492 e. The molecule has 1 aromatic carbocycles. The molecule has 0 aromatic heterocycles. The maximum atomic E-state index is 12.5. The third-order valence-corrected chi connectivity index (χ3v) is 7.88. The standard InChI is InChI=1S/C22H30ClNO5S/c1-16(18-7-8-20(23)21(11-18)29-14-17-5-6-17)15-30(27,28)10-4-2-3-9-24-13-19(25)12-22(24)26/h7-8,11,16-17H,2-6,9-10,12-15H2,1H3/t16-/m1/s1. The zero-order valence-electron chi connectivity index (χ0n) is 17.4. The number of benzene rings is 1. The second-order valence-electron chi connectivity index (χ2n) is 8.55. The molecular weight excluding hydrogens is 426 g/mol. The molecule has 2 aliphatic rings. The van der Waals surface area contributed by atoms with E-state index in [-0.39, 0.29) is 42.1 Å². The van der Waals surface area contributed by atoms with Gasteiger partial charge in [0, 0.05) is 6.54 Å². The molecule has 1 amide bonds. The van der Waals surface area contributed by atoms with Crippen LogP contribution in [0.1, 0.15) is 56.9 Å². The van der Waals surface area contributed by atoms with Crippen LogP contribution in [0.15, 0.2) is 18.2 Å². The van der Waals surface area contributed by atoms with Gasteiger partial charge in [0.1, 0.15) is 5.75 Å². The van der Waals surface area contributed by atoms with E-state index in [2.05, 4.69) is 0 Å². The highest BCUT2D eigenvalue weighted by atomic mass is 35.5. The first-order valence-electron chi connectivity index (χ1n) is 10.7. The zero-order valence-corrected chi connectivity index (χ0v) is 19.0. The van der Waals surface area contributed by atoms with Gasteiger partial charge in [-0.05, 0) is 55.2 Å². The van der Waals surface area contributed by atoms with Crippen molar-refractivity contribution in [3.05, 3.63) is 28.8 Å². The average molecular weight is 456 g/mol. The molecule has 166 valence electrons. The van der Waals surface area contributed by atoms with E-state index >= 15 is 0 Å². The van der Waals surface area contributed by atoms with E-state index in [9.17, 15) is 18.0 Å². The summed E-state index contributed by atoms with van der Waals surface area (Å²) in [6, 6.07) is 5.49. The lowest BCUT2D eigenvalue weighted by Gasteiger charge is -2.16. The highest BCUT2D eigenvalue weighted by Gasteiger charge is 2.26. The lowest BCUT2D eigenvalue weighted by Crippen LogP contribution is -2.26. The van der Waals surface area contributed by atoms with Crippen molar-refractivity contribution < 1.29 is 22.7 Å². The molecule has 1 aliphatic carbocycles. The van der Waals surface area contributed by atoms with Crippen LogP contribution in [0.5, 0.6) is 5.75 Å². The lowest BCUT2D eigenvalue weighted by atomic mass is 10.0. The number of rotatable bonds is 12. The molecule has 1 saturated carbocycles. The Kier molecular flexibility index (Phi) is 7.80. The molecule has 0 spiro atoms. The maximum Gasteiger partial charge on any atom is 0.230 e. The van der Waals surface area contributed by atoms with Gasteiger partial charge in [0.2, 0.25) is 5.91 Å². The molecule has 0 bridgehead atoms. The van der Waals surface area contributed by atoms with Crippen molar-refractivity contribution in [3.63, 3.8) is 0 Å². The molecule has 6 nitrogen and oxygen atoms in total. The maximum absolute atomic E-state index is 12.5. The molecule has 1 aromatic rings. The van der Waals surface area contributed by atoms with E-state index in [0.717, 1.165) is 5.56 Å². The van der Waals surface area contributed by atoms with Gasteiger partial charge in [-0.15, -0.1) is 0 Å². The zero-order chi connectivity index (χ0) is 21.7. The van der Waals surface area contributed by atoms with E-state index in [1.54, 1.807) is 11.0 Å². The molecule has 0 unspecified atom stereocenters. The van der Waals surface area contributed by atoms with Crippen LogP contribution in [0.25, 0.3) is 0 Å². The fourth-order valence-electron chi connectivity index (χ4n) is 3.63. The van der Waals surface area contributed by atoms with Gasteiger partial charge in [0.25, 0.3) is 0 Å². The van der Waals surface area contributed by atoms with Gasteiger partial charge < -0.3 is 9.64 Å². The summed E-state index contributed by atoms with van der Waals surface area (Å²) in [7, 11) is -3.20. The van der Waals surface area contributed by atoms with Crippen LogP contribution in [-0.4, -0.2) is 56.2 Å². The third kappa shape index (κ3) is 6.98. The number of nitrogens with zero attached hydrogens (tertiary/aromatic N) is 1. The number of carbonyl (C=O) groups excluding carboxylic acids is 2. The summed E-state index contributed by atoms with van der Waals surface area (Å²) >= 11 is 6.21. The summed E-state index contributed by atoms with van der Waals surface area (Å²) in [5.41, 5.74) is 0.908. The number of halogens is 1. The van der Waals surface area contributed by atoms with Gasteiger partial charge in [-0.1, -0.05) is 31.0 Å². The Morgan fingerprint density at radius 3 is 2.63 bits per heavy atom. The first-order valence-corrected chi connectivity index (χ1v) is 12.9.